The number of hydrogen-bond donors (Lipinski definition) is 1. The molecule has 34 heavy (non-hydrogen) atoms. The summed E-state index contributed by atoms with van der Waals surface area (Å²) in [7, 11) is 0. The van der Waals surface area contributed by atoms with Crippen LogP contribution in [-0.2, 0) is 23.4 Å². The minimum Gasteiger partial charge on any atom is -0.487 e. The van der Waals surface area contributed by atoms with E-state index in [0.29, 0.717) is 25.3 Å². The lowest BCUT2D eigenvalue weighted by Gasteiger charge is -2.39. The predicted molar refractivity (Wildman–Crippen MR) is 130 cm³/mol. The third-order valence-electron chi connectivity index (χ3n) is 6.84. The fourth-order valence-corrected chi connectivity index (χ4v) is 4.96. The van der Waals surface area contributed by atoms with E-state index < -0.39 is 0 Å². The molecule has 0 atom stereocenters. The van der Waals surface area contributed by atoms with Crippen molar-refractivity contribution >= 4 is 11.8 Å². The first-order valence-electron chi connectivity index (χ1n) is 11.6. The Morgan fingerprint density at radius 2 is 1.59 bits per heavy atom. The second kappa shape index (κ2) is 9.48. The lowest BCUT2D eigenvalue weighted by atomic mass is 9.72. The number of anilines is 1. The van der Waals surface area contributed by atoms with Crippen molar-refractivity contribution < 1.29 is 14.3 Å². The topological polar surface area (TPSA) is 74.6 Å². The molecule has 2 heterocycles. The molecule has 0 aliphatic carbocycles. The van der Waals surface area contributed by atoms with E-state index >= 15 is 0 Å². The summed E-state index contributed by atoms with van der Waals surface area (Å²) in [5.41, 5.74) is 4.48. The van der Waals surface area contributed by atoms with E-state index in [2.05, 4.69) is 11.4 Å². The lowest BCUT2D eigenvalue weighted by Crippen LogP contribution is -2.46. The second-order valence-electron chi connectivity index (χ2n) is 8.91. The molecule has 0 radical (unpaired) electrons. The van der Waals surface area contributed by atoms with Gasteiger partial charge in [0.2, 0.25) is 0 Å². The fourth-order valence-electron chi connectivity index (χ4n) is 4.96. The van der Waals surface area contributed by atoms with Crippen LogP contribution in [0.25, 0.3) is 0 Å². The van der Waals surface area contributed by atoms with Gasteiger partial charge in [0.05, 0.1) is 17.3 Å². The number of carbonyl (C=O) groups is 1. The van der Waals surface area contributed by atoms with Gasteiger partial charge in [-0.1, -0.05) is 60.7 Å². The van der Waals surface area contributed by atoms with Crippen LogP contribution in [0, 0.1) is 11.3 Å². The van der Waals surface area contributed by atoms with Gasteiger partial charge in [-0.3, -0.25) is 0 Å². The first-order chi connectivity index (χ1) is 16.7. The molecule has 1 saturated heterocycles. The summed E-state index contributed by atoms with van der Waals surface area (Å²) >= 11 is 0. The van der Waals surface area contributed by atoms with Gasteiger partial charge >= 0.3 is 6.09 Å². The first-order valence-corrected chi connectivity index (χ1v) is 11.6. The summed E-state index contributed by atoms with van der Waals surface area (Å²) in [4.78, 5) is 14.4. The Hall–Kier alpha value is -3.98. The molecule has 1 fully saturated rings. The van der Waals surface area contributed by atoms with Crippen molar-refractivity contribution in [2.24, 2.45) is 0 Å². The van der Waals surface area contributed by atoms with Crippen molar-refractivity contribution in [1.82, 2.24) is 4.90 Å². The molecule has 1 amide bonds. The van der Waals surface area contributed by atoms with E-state index in [1.807, 2.05) is 72.8 Å². The van der Waals surface area contributed by atoms with E-state index in [0.717, 1.165) is 47.5 Å². The molecule has 0 bridgehead atoms. The zero-order valence-corrected chi connectivity index (χ0v) is 19.0. The number of nitriles is 1. The maximum absolute atomic E-state index is 12.6. The van der Waals surface area contributed by atoms with Gasteiger partial charge in [-0.25, -0.2) is 4.79 Å². The van der Waals surface area contributed by atoms with Crippen LogP contribution >= 0.6 is 0 Å². The van der Waals surface area contributed by atoms with Gasteiger partial charge in [-0.15, -0.1) is 0 Å². The molecule has 2 aliphatic heterocycles. The zero-order valence-electron chi connectivity index (χ0n) is 19.0. The number of fused-ring (bicyclic) bond motifs is 2. The van der Waals surface area contributed by atoms with Crippen molar-refractivity contribution in [2.75, 3.05) is 25.0 Å². The fraction of sp³-hybridized carbons (Fsp3) is 0.286. The molecular formula is C28H27N3O3. The zero-order chi connectivity index (χ0) is 23.4. The van der Waals surface area contributed by atoms with Crippen LogP contribution in [0.3, 0.4) is 0 Å². The van der Waals surface area contributed by atoms with Crippen molar-refractivity contribution in [3.05, 3.63) is 95.1 Å². The van der Waals surface area contributed by atoms with Crippen LogP contribution in [0.5, 0.6) is 5.75 Å². The quantitative estimate of drug-likeness (QED) is 0.572. The Morgan fingerprint density at radius 1 is 0.941 bits per heavy atom. The Bertz CT molecular complexity index is 1200. The van der Waals surface area contributed by atoms with Gasteiger partial charge < -0.3 is 19.7 Å². The Balaban J connectivity index is 1.28. The van der Waals surface area contributed by atoms with Crippen LogP contribution in [0.1, 0.15) is 35.1 Å². The van der Waals surface area contributed by atoms with Gasteiger partial charge in [0.15, 0.2) is 0 Å². The molecule has 2 aliphatic rings. The van der Waals surface area contributed by atoms with Gasteiger partial charge in [0.1, 0.15) is 19.0 Å². The number of hydrogen-bond acceptors (Lipinski definition) is 5. The molecule has 1 N–H and O–H groups in total. The van der Waals surface area contributed by atoms with E-state index in [1.54, 1.807) is 4.90 Å². The van der Waals surface area contributed by atoms with Crippen molar-refractivity contribution in [2.45, 2.75) is 31.5 Å². The molecule has 0 aromatic heterocycles. The van der Waals surface area contributed by atoms with Crippen LogP contribution in [0.2, 0.25) is 0 Å². The summed E-state index contributed by atoms with van der Waals surface area (Å²) in [5.74, 6) is 0.763. The summed E-state index contributed by atoms with van der Waals surface area (Å²) in [6.45, 7) is 2.65. The maximum atomic E-state index is 12.6. The molecular weight excluding hydrogens is 426 g/mol. The molecule has 6 heteroatoms. The molecule has 172 valence electrons. The average molecular weight is 454 g/mol. The minimum absolute atomic E-state index is 0.192. The maximum Gasteiger partial charge on any atom is 0.410 e. The van der Waals surface area contributed by atoms with Crippen molar-refractivity contribution in [1.29, 1.82) is 5.26 Å². The lowest BCUT2D eigenvalue weighted by molar-refractivity contribution is 0.0793. The number of amides is 1. The Kier molecular flexibility index (Phi) is 6.09. The van der Waals surface area contributed by atoms with Crippen LogP contribution < -0.4 is 10.1 Å². The number of ether oxygens (including phenoxy) is 2. The number of nitrogens with zero attached hydrogens (tertiary/aromatic N) is 2. The monoisotopic (exact) mass is 453 g/mol. The summed E-state index contributed by atoms with van der Waals surface area (Å²) < 4.78 is 11.7. The van der Waals surface area contributed by atoms with Gasteiger partial charge in [-0.2, -0.15) is 5.26 Å². The summed E-state index contributed by atoms with van der Waals surface area (Å²) in [5, 5.41) is 13.4. The molecule has 0 unspecified atom stereocenters. The van der Waals surface area contributed by atoms with E-state index in [1.165, 1.54) is 0 Å². The Morgan fingerprint density at radius 3 is 2.24 bits per heavy atom. The van der Waals surface area contributed by atoms with Crippen LogP contribution in [-0.4, -0.2) is 30.6 Å². The number of benzene rings is 3. The first kappa shape index (κ1) is 21.8. The van der Waals surface area contributed by atoms with E-state index in [-0.39, 0.29) is 18.1 Å². The van der Waals surface area contributed by atoms with Gasteiger partial charge in [-0.05, 0) is 36.1 Å². The normalized spacial score (nSPS) is 15.8. The number of carbonyl (C=O) groups excluding carboxylic acids is 1. The molecule has 6 nitrogen and oxygen atoms in total. The molecule has 3 aromatic rings. The van der Waals surface area contributed by atoms with Crippen molar-refractivity contribution in [3.63, 3.8) is 0 Å². The van der Waals surface area contributed by atoms with Crippen molar-refractivity contribution in [3.8, 4) is 11.8 Å². The van der Waals surface area contributed by atoms with E-state index in [9.17, 15) is 10.1 Å². The van der Waals surface area contributed by atoms with E-state index in [4.69, 9.17) is 9.47 Å². The molecule has 1 spiro atoms. The highest BCUT2D eigenvalue weighted by molar-refractivity contribution is 5.74. The standard InChI is InChI=1S/C28H27N3O3/c29-17-23-11-12-24(33-18-21-7-3-1-4-8-21)26-25(23)28(20-30-26)13-15-31(16-14-28)27(32)34-19-22-9-5-2-6-10-22/h1-12,30H,13-16,18-20H2. The number of likely N-dealkylation sites (tertiary alicyclic amines) is 1. The Labute approximate surface area is 199 Å². The molecule has 5 rings (SSSR count). The highest BCUT2D eigenvalue weighted by atomic mass is 16.6. The van der Waals surface area contributed by atoms with Gasteiger partial charge in [0.25, 0.3) is 0 Å². The highest BCUT2D eigenvalue weighted by Gasteiger charge is 2.45. The van der Waals surface area contributed by atoms with Gasteiger partial charge in [0, 0.05) is 30.6 Å². The minimum atomic E-state index is -0.287. The largest absolute Gasteiger partial charge is 0.487 e. The van der Waals surface area contributed by atoms with Crippen LogP contribution in [0.15, 0.2) is 72.8 Å². The third kappa shape index (κ3) is 4.29. The highest BCUT2D eigenvalue weighted by Crippen LogP contribution is 2.49. The predicted octanol–water partition coefficient (Wildman–Crippen LogP) is 5.23. The number of piperidine rings is 1. The molecule has 0 saturated carbocycles. The average Bonchev–Trinajstić information content (AvgIpc) is 3.26. The summed E-state index contributed by atoms with van der Waals surface area (Å²) in [6.07, 6.45) is 1.25. The third-order valence-corrected chi connectivity index (χ3v) is 6.84. The van der Waals surface area contributed by atoms with Crippen LogP contribution in [0.4, 0.5) is 10.5 Å². The smallest absolute Gasteiger partial charge is 0.410 e. The molecule has 3 aromatic carbocycles. The number of nitrogens with one attached hydrogen (secondary N) is 1. The number of rotatable bonds is 5. The summed E-state index contributed by atoms with van der Waals surface area (Å²) in [6, 6.07) is 25.8. The second-order valence-corrected chi connectivity index (χ2v) is 8.91. The SMILES string of the molecule is N#Cc1ccc(OCc2ccccc2)c2c1C1(CCN(C(=O)OCc3ccccc3)CC1)CN2.